The monoisotopic (exact) mass is 1200 g/mol. The predicted molar refractivity (Wildman–Crippen MR) is 392 cm³/mol. The Morgan fingerprint density at radius 2 is 0.419 bits per heavy atom. The van der Waals surface area contributed by atoms with E-state index in [0.29, 0.717) is 5.56 Å². The van der Waals surface area contributed by atoms with Gasteiger partial charge in [-0.2, -0.15) is 0 Å². The molecule has 0 atom stereocenters. The average Bonchev–Trinajstić information content (AvgIpc) is 1.10. The Balaban J connectivity index is 0.800. The van der Waals surface area contributed by atoms with Crippen LogP contribution in [0.5, 0.6) is 5.75 Å². The van der Waals surface area contributed by atoms with Crippen molar-refractivity contribution in [2.45, 2.75) is 6.92 Å². The van der Waals surface area contributed by atoms with Crippen LogP contribution in [-0.4, -0.2) is 12.9 Å². The van der Waals surface area contributed by atoms with Gasteiger partial charge in [0.15, 0.2) is 5.78 Å². The van der Waals surface area contributed by atoms with Gasteiger partial charge in [0, 0.05) is 39.7 Å². The SMILES string of the molecule is COc1ccc(N(c2ccc(C=C(c3ccccc3)c3ccccc3)cc2)c2ccc(C=C(c3ccccc3)c3ccc(C(=Cc4ccc(N(c5ccc(C=C(c6ccccc6)c6ccccc6)cc5)c5ccc(C(C)=O)cc5)cc4)c4ccccc4)cc3)cc2)cc1. The molecule has 0 spiro atoms. The van der Waals surface area contributed by atoms with Crippen LogP contribution in [0.25, 0.3) is 46.6 Å². The number of hydrogen-bond acceptors (Lipinski definition) is 4. The highest BCUT2D eigenvalue weighted by atomic mass is 16.5. The number of Topliss-reactive ketones (excluding diaryl/α,β-unsaturated/α-hetero) is 1. The van der Waals surface area contributed by atoms with E-state index >= 15 is 0 Å². The molecule has 4 heteroatoms. The van der Waals surface area contributed by atoms with Crippen molar-refractivity contribution in [1.29, 1.82) is 0 Å². The minimum absolute atomic E-state index is 0.0332. The number of anilines is 6. The molecule has 0 saturated carbocycles. The molecule has 0 heterocycles. The second kappa shape index (κ2) is 28.6. The molecule has 0 aromatic heterocycles. The largest absolute Gasteiger partial charge is 0.497 e. The zero-order valence-electron chi connectivity index (χ0n) is 52.0. The molecule has 13 aromatic carbocycles. The molecular formula is C89H68N2O2. The van der Waals surface area contributed by atoms with Crippen molar-refractivity contribution in [3.63, 3.8) is 0 Å². The first-order valence-corrected chi connectivity index (χ1v) is 31.4. The topological polar surface area (TPSA) is 32.8 Å². The van der Waals surface area contributed by atoms with Crippen LogP contribution in [0.1, 0.15) is 84.0 Å². The van der Waals surface area contributed by atoms with E-state index in [4.69, 9.17) is 4.74 Å². The standard InChI is InChI=1S/C89H68N2O2/c1-65(92)70-45-55-83(56-46-70)90(79-47-33-66(34-48-79)61-86(71-21-9-3-10-22-71)72-23-11-4-12-24-72)80-49-37-68(38-50-80)63-88(75-29-17-7-18-30-75)77-41-43-78(44-42-77)89(76-31-19-8-20-32-76)64-69-39-53-82(54-40-69)91(84-57-59-85(93-2)60-58-84)81-51-35-67(36-52-81)62-87(73-25-13-5-14-26-73)74-27-15-6-16-28-74/h3-64H,1-2H3. The van der Waals surface area contributed by atoms with E-state index in [2.05, 4.69) is 350 Å². The van der Waals surface area contributed by atoms with Crippen molar-refractivity contribution in [3.05, 3.63) is 424 Å². The summed E-state index contributed by atoms with van der Waals surface area (Å²) in [6.07, 6.45) is 9.10. The lowest BCUT2D eigenvalue weighted by Crippen LogP contribution is -2.10. The van der Waals surface area contributed by atoms with Gasteiger partial charge in [0.25, 0.3) is 0 Å². The summed E-state index contributed by atoms with van der Waals surface area (Å²) in [6, 6.07) is 124. The second-order valence-electron chi connectivity index (χ2n) is 22.8. The van der Waals surface area contributed by atoms with Gasteiger partial charge in [-0.3, -0.25) is 4.79 Å². The van der Waals surface area contributed by atoms with Crippen LogP contribution in [0.15, 0.2) is 352 Å². The molecule has 13 rings (SSSR count). The first kappa shape index (κ1) is 59.8. The van der Waals surface area contributed by atoms with Gasteiger partial charge < -0.3 is 14.5 Å². The molecule has 0 aliphatic rings. The maximum atomic E-state index is 12.4. The van der Waals surface area contributed by atoms with Crippen LogP contribution >= 0.6 is 0 Å². The quantitative estimate of drug-likeness (QED) is 0.0562. The molecule has 0 saturated heterocycles. The zero-order chi connectivity index (χ0) is 63.1. The molecule has 0 unspecified atom stereocenters. The lowest BCUT2D eigenvalue weighted by atomic mass is 9.91. The maximum Gasteiger partial charge on any atom is 0.159 e. The van der Waals surface area contributed by atoms with E-state index in [-0.39, 0.29) is 5.78 Å². The summed E-state index contributed by atoms with van der Waals surface area (Å²) in [6.45, 7) is 1.61. The first-order chi connectivity index (χ1) is 45.9. The Labute approximate surface area is 546 Å². The first-order valence-electron chi connectivity index (χ1n) is 31.4. The van der Waals surface area contributed by atoms with Gasteiger partial charge in [0.1, 0.15) is 5.75 Å². The minimum atomic E-state index is 0.0332. The van der Waals surface area contributed by atoms with Crippen molar-refractivity contribution in [2.24, 2.45) is 0 Å². The van der Waals surface area contributed by atoms with Crippen molar-refractivity contribution in [3.8, 4) is 5.75 Å². The summed E-state index contributed by atoms with van der Waals surface area (Å²) in [4.78, 5) is 17.0. The molecule has 0 amide bonds. The molecule has 13 aromatic rings. The Hall–Kier alpha value is -12.1. The van der Waals surface area contributed by atoms with Gasteiger partial charge in [0.2, 0.25) is 0 Å². The third kappa shape index (κ3) is 14.3. The summed E-state index contributed by atoms with van der Waals surface area (Å²) in [5, 5.41) is 0. The molecule has 0 aliphatic heterocycles. The summed E-state index contributed by atoms with van der Waals surface area (Å²) >= 11 is 0. The van der Waals surface area contributed by atoms with E-state index in [1.165, 1.54) is 16.7 Å². The van der Waals surface area contributed by atoms with Gasteiger partial charge >= 0.3 is 0 Å². The number of hydrogen-bond donors (Lipinski definition) is 0. The molecule has 0 fully saturated rings. The van der Waals surface area contributed by atoms with Crippen molar-refractivity contribution >= 4 is 86.5 Å². The molecule has 0 radical (unpaired) electrons. The number of nitrogens with zero attached hydrogens (tertiary/aromatic N) is 2. The van der Waals surface area contributed by atoms with Crippen LogP contribution in [0, 0.1) is 0 Å². The van der Waals surface area contributed by atoms with Crippen LogP contribution in [0.3, 0.4) is 0 Å². The number of methoxy groups -OCH3 is 1. The molecule has 446 valence electrons. The fourth-order valence-electron chi connectivity index (χ4n) is 11.9. The number of ketones is 1. The highest BCUT2D eigenvalue weighted by molar-refractivity contribution is 5.97. The summed E-state index contributed by atoms with van der Waals surface area (Å²) < 4.78 is 5.60. The van der Waals surface area contributed by atoms with Gasteiger partial charge in [-0.05, 0) is 217 Å². The number of benzene rings is 13. The van der Waals surface area contributed by atoms with Gasteiger partial charge in [0.05, 0.1) is 7.11 Å². The van der Waals surface area contributed by atoms with E-state index in [9.17, 15) is 4.79 Å². The van der Waals surface area contributed by atoms with Crippen molar-refractivity contribution in [2.75, 3.05) is 16.9 Å². The Morgan fingerprint density at radius 1 is 0.237 bits per heavy atom. The molecule has 0 aliphatic carbocycles. The predicted octanol–water partition coefficient (Wildman–Crippen LogP) is 23.2. The highest BCUT2D eigenvalue weighted by Crippen LogP contribution is 2.40. The van der Waals surface area contributed by atoms with Gasteiger partial charge in [-0.15, -0.1) is 0 Å². The van der Waals surface area contributed by atoms with Crippen LogP contribution in [0.2, 0.25) is 0 Å². The fraction of sp³-hybridized carbons (Fsp3) is 0.0225. The second-order valence-corrected chi connectivity index (χ2v) is 22.8. The number of carbonyl (C=O) groups excluding carboxylic acids is 1. The summed E-state index contributed by atoms with van der Waals surface area (Å²) in [5.41, 5.74) is 24.7. The van der Waals surface area contributed by atoms with Crippen LogP contribution in [-0.2, 0) is 0 Å². The minimum Gasteiger partial charge on any atom is -0.497 e. The van der Waals surface area contributed by atoms with Crippen LogP contribution < -0.4 is 14.5 Å². The smallest absolute Gasteiger partial charge is 0.159 e. The third-order valence-corrected chi connectivity index (χ3v) is 16.7. The Bertz CT molecular complexity index is 4640. The van der Waals surface area contributed by atoms with E-state index in [1.54, 1.807) is 14.0 Å². The van der Waals surface area contributed by atoms with E-state index in [0.717, 1.165) is 112 Å². The highest BCUT2D eigenvalue weighted by Gasteiger charge is 2.18. The molecule has 0 bridgehead atoms. The number of carbonyl (C=O) groups is 1. The molecular weight excluding hydrogens is 1130 g/mol. The summed E-state index contributed by atoms with van der Waals surface area (Å²) in [5.74, 6) is 0.836. The van der Waals surface area contributed by atoms with Crippen molar-refractivity contribution < 1.29 is 9.53 Å². The third-order valence-electron chi connectivity index (χ3n) is 16.7. The van der Waals surface area contributed by atoms with Gasteiger partial charge in [-0.1, -0.05) is 255 Å². The fourth-order valence-corrected chi connectivity index (χ4v) is 11.9. The maximum absolute atomic E-state index is 12.4. The molecule has 4 nitrogen and oxygen atoms in total. The van der Waals surface area contributed by atoms with Crippen molar-refractivity contribution in [1.82, 2.24) is 0 Å². The number of ether oxygens (including phenoxy) is 1. The lowest BCUT2D eigenvalue weighted by molar-refractivity contribution is 0.101. The normalized spacial score (nSPS) is 11.3. The van der Waals surface area contributed by atoms with Gasteiger partial charge in [-0.25, -0.2) is 0 Å². The average molecular weight is 1200 g/mol. The van der Waals surface area contributed by atoms with Crippen LogP contribution in [0.4, 0.5) is 34.1 Å². The molecule has 93 heavy (non-hydrogen) atoms. The molecule has 0 N–H and O–H groups in total. The Morgan fingerprint density at radius 3 is 0.624 bits per heavy atom. The number of rotatable bonds is 20. The zero-order valence-corrected chi connectivity index (χ0v) is 52.0. The Kier molecular flexibility index (Phi) is 18.4. The van der Waals surface area contributed by atoms with E-state index < -0.39 is 0 Å². The van der Waals surface area contributed by atoms with E-state index in [1.807, 2.05) is 36.4 Å². The lowest BCUT2D eigenvalue weighted by Gasteiger charge is -2.26. The summed E-state index contributed by atoms with van der Waals surface area (Å²) in [7, 11) is 1.70.